The van der Waals surface area contributed by atoms with Crippen molar-refractivity contribution in [2.45, 2.75) is 44.4 Å². The van der Waals surface area contributed by atoms with Crippen LogP contribution in [0.5, 0.6) is 0 Å². The highest BCUT2D eigenvalue weighted by Gasteiger charge is 2.39. The quantitative estimate of drug-likeness (QED) is 0.670. The Labute approximate surface area is 179 Å². The van der Waals surface area contributed by atoms with Crippen LogP contribution in [0.1, 0.15) is 62.3 Å². The molecule has 5 rings (SSSR count). The maximum absolute atomic E-state index is 14.1. The van der Waals surface area contributed by atoms with Crippen molar-refractivity contribution in [2.24, 2.45) is 0 Å². The summed E-state index contributed by atoms with van der Waals surface area (Å²) in [4.78, 5) is 41.8. The molecule has 0 N–H and O–H groups in total. The fourth-order valence-electron chi connectivity index (χ4n) is 4.31. The zero-order valence-electron chi connectivity index (χ0n) is 17.1. The van der Waals surface area contributed by atoms with Crippen LogP contribution < -0.4 is 0 Å². The van der Waals surface area contributed by atoms with E-state index < -0.39 is 5.91 Å². The third-order valence-corrected chi connectivity index (χ3v) is 6.17. The standard InChI is InChI=1S/C24H23FN2O4/c25-21-6-2-1-4-16(21)13-26(17-8-9-17)22(28)15-7-10-19-20(12-15)24(30)27(23(19)29)14-18-5-3-11-31-18/h1-2,4,6-7,10,12,17-18H,3,5,8-9,11,13-14H2/t18-/m0/s1. The van der Waals surface area contributed by atoms with Crippen molar-refractivity contribution in [3.63, 3.8) is 0 Å². The van der Waals surface area contributed by atoms with Gasteiger partial charge in [-0.2, -0.15) is 0 Å². The first-order valence-electron chi connectivity index (χ1n) is 10.7. The number of hydrogen-bond acceptors (Lipinski definition) is 4. The van der Waals surface area contributed by atoms with Crippen molar-refractivity contribution in [2.75, 3.05) is 13.2 Å². The number of halogens is 1. The van der Waals surface area contributed by atoms with Crippen LogP contribution in [0.3, 0.4) is 0 Å². The fraction of sp³-hybridized carbons (Fsp3) is 0.375. The number of carbonyl (C=O) groups is 3. The van der Waals surface area contributed by atoms with Crippen molar-refractivity contribution in [3.8, 4) is 0 Å². The highest BCUT2D eigenvalue weighted by atomic mass is 19.1. The molecule has 2 aromatic rings. The van der Waals surface area contributed by atoms with E-state index in [0.717, 1.165) is 25.7 Å². The van der Waals surface area contributed by atoms with Gasteiger partial charge in [-0.1, -0.05) is 18.2 Å². The van der Waals surface area contributed by atoms with E-state index in [-0.39, 0.29) is 48.4 Å². The minimum Gasteiger partial charge on any atom is -0.376 e. The SMILES string of the molecule is O=C1c2ccc(C(=O)N(Cc3ccccc3F)C3CC3)cc2C(=O)N1C[C@@H]1CCCO1. The number of fused-ring (bicyclic) bond motifs is 1. The molecule has 6 nitrogen and oxygen atoms in total. The first-order valence-corrected chi connectivity index (χ1v) is 10.7. The Morgan fingerprint density at radius 3 is 2.55 bits per heavy atom. The number of imide groups is 1. The van der Waals surface area contributed by atoms with E-state index in [0.29, 0.717) is 23.3 Å². The Morgan fingerprint density at radius 1 is 1.06 bits per heavy atom. The summed E-state index contributed by atoms with van der Waals surface area (Å²) in [6.07, 6.45) is 3.36. The van der Waals surface area contributed by atoms with E-state index in [1.807, 2.05) is 0 Å². The molecule has 2 heterocycles. The van der Waals surface area contributed by atoms with E-state index >= 15 is 0 Å². The van der Waals surface area contributed by atoms with Gasteiger partial charge in [0.1, 0.15) is 5.82 Å². The van der Waals surface area contributed by atoms with Crippen molar-refractivity contribution in [1.82, 2.24) is 9.80 Å². The molecule has 2 aliphatic heterocycles. The first-order chi connectivity index (χ1) is 15.0. The lowest BCUT2D eigenvalue weighted by Gasteiger charge is -2.23. The summed E-state index contributed by atoms with van der Waals surface area (Å²) in [7, 11) is 0. The van der Waals surface area contributed by atoms with E-state index in [4.69, 9.17) is 4.74 Å². The molecule has 2 fully saturated rings. The Morgan fingerprint density at radius 2 is 1.84 bits per heavy atom. The summed E-state index contributed by atoms with van der Waals surface area (Å²) in [5.74, 6) is -1.34. The summed E-state index contributed by atoms with van der Waals surface area (Å²) in [5, 5.41) is 0. The molecule has 0 radical (unpaired) electrons. The lowest BCUT2D eigenvalue weighted by atomic mass is 10.0. The first kappa shape index (κ1) is 19.9. The fourth-order valence-corrected chi connectivity index (χ4v) is 4.31. The molecule has 3 amide bonds. The zero-order chi connectivity index (χ0) is 21.5. The predicted octanol–water partition coefficient (Wildman–Crippen LogP) is 3.41. The van der Waals surface area contributed by atoms with Crippen LogP contribution in [0.2, 0.25) is 0 Å². The zero-order valence-corrected chi connectivity index (χ0v) is 17.1. The average Bonchev–Trinajstić information content (AvgIpc) is 3.44. The summed E-state index contributed by atoms with van der Waals surface area (Å²) >= 11 is 0. The van der Waals surface area contributed by atoms with Crippen LogP contribution in [0, 0.1) is 5.82 Å². The van der Waals surface area contributed by atoms with Crippen LogP contribution >= 0.6 is 0 Å². The summed E-state index contributed by atoms with van der Waals surface area (Å²) in [6, 6.07) is 11.1. The third-order valence-electron chi connectivity index (χ3n) is 6.17. The van der Waals surface area contributed by atoms with Gasteiger partial charge in [-0.15, -0.1) is 0 Å². The molecule has 31 heavy (non-hydrogen) atoms. The second kappa shape index (κ2) is 7.89. The van der Waals surface area contributed by atoms with E-state index in [9.17, 15) is 18.8 Å². The number of carbonyl (C=O) groups excluding carboxylic acids is 3. The molecular weight excluding hydrogens is 399 g/mol. The molecule has 1 saturated carbocycles. The van der Waals surface area contributed by atoms with Crippen LogP contribution in [0.15, 0.2) is 42.5 Å². The number of rotatable bonds is 6. The lowest BCUT2D eigenvalue weighted by molar-refractivity contribution is 0.0475. The van der Waals surface area contributed by atoms with Gasteiger partial charge < -0.3 is 9.64 Å². The maximum Gasteiger partial charge on any atom is 0.261 e. The van der Waals surface area contributed by atoms with Crippen LogP contribution in [0.4, 0.5) is 4.39 Å². The van der Waals surface area contributed by atoms with Gasteiger partial charge in [-0.3, -0.25) is 19.3 Å². The van der Waals surface area contributed by atoms with Gasteiger partial charge in [0, 0.05) is 30.3 Å². The van der Waals surface area contributed by atoms with E-state index in [2.05, 4.69) is 0 Å². The van der Waals surface area contributed by atoms with Crippen molar-refractivity contribution < 1.29 is 23.5 Å². The molecule has 7 heteroatoms. The van der Waals surface area contributed by atoms with Crippen molar-refractivity contribution in [1.29, 1.82) is 0 Å². The van der Waals surface area contributed by atoms with Gasteiger partial charge in [0.25, 0.3) is 17.7 Å². The van der Waals surface area contributed by atoms with Crippen LogP contribution in [-0.4, -0.2) is 52.8 Å². The molecule has 3 aliphatic rings. The summed E-state index contributed by atoms with van der Waals surface area (Å²) in [6.45, 7) is 1.05. The maximum atomic E-state index is 14.1. The lowest BCUT2D eigenvalue weighted by Crippen LogP contribution is -2.36. The molecule has 2 aromatic carbocycles. The Balaban J connectivity index is 1.38. The van der Waals surface area contributed by atoms with Crippen molar-refractivity contribution >= 4 is 17.7 Å². The van der Waals surface area contributed by atoms with E-state index in [1.165, 1.54) is 17.0 Å². The second-order valence-electron chi connectivity index (χ2n) is 8.37. The van der Waals surface area contributed by atoms with Gasteiger partial charge >= 0.3 is 0 Å². The Bertz CT molecular complexity index is 1060. The highest BCUT2D eigenvalue weighted by Crippen LogP contribution is 2.32. The van der Waals surface area contributed by atoms with E-state index in [1.54, 1.807) is 35.2 Å². The molecule has 160 valence electrons. The topological polar surface area (TPSA) is 66.9 Å². The largest absolute Gasteiger partial charge is 0.376 e. The predicted molar refractivity (Wildman–Crippen MR) is 110 cm³/mol. The Kier molecular flexibility index (Phi) is 5.06. The normalized spacial score (nSPS) is 20.3. The summed E-state index contributed by atoms with van der Waals surface area (Å²) < 4.78 is 19.7. The minimum absolute atomic E-state index is 0.0636. The number of nitrogens with zero attached hydrogens (tertiary/aromatic N) is 2. The smallest absolute Gasteiger partial charge is 0.261 e. The number of benzene rings is 2. The van der Waals surface area contributed by atoms with Gasteiger partial charge in [-0.05, 0) is 49.9 Å². The molecule has 0 unspecified atom stereocenters. The van der Waals surface area contributed by atoms with Gasteiger partial charge in [0.2, 0.25) is 0 Å². The molecular formula is C24H23FN2O4. The third kappa shape index (κ3) is 3.74. The van der Waals surface area contributed by atoms with Gasteiger partial charge in [0.05, 0.1) is 23.8 Å². The molecule has 0 aromatic heterocycles. The minimum atomic E-state index is -0.391. The second-order valence-corrected chi connectivity index (χ2v) is 8.37. The summed E-state index contributed by atoms with van der Waals surface area (Å²) in [5.41, 5.74) is 1.35. The van der Waals surface area contributed by atoms with Crippen LogP contribution in [-0.2, 0) is 11.3 Å². The molecule has 1 saturated heterocycles. The van der Waals surface area contributed by atoms with Gasteiger partial charge in [0.15, 0.2) is 0 Å². The highest BCUT2D eigenvalue weighted by molar-refractivity contribution is 6.22. The Hall–Kier alpha value is -3.06. The number of ether oxygens (including phenoxy) is 1. The molecule has 1 aliphatic carbocycles. The monoisotopic (exact) mass is 422 g/mol. The molecule has 0 bridgehead atoms. The van der Waals surface area contributed by atoms with Crippen molar-refractivity contribution in [3.05, 3.63) is 70.5 Å². The average molecular weight is 422 g/mol. The molecule has 1 atom stereocenters. The van der Waals surface area contributed by atoms with Gasteiger partial charge in [-0.25, -0.2) is 4.39 Å². The number of amides is 3. The molecule has 0 spiro atoms. The van der Waals surface area contributed by atoms with Crippen LogP contribution in [0.25, 0.3) is 0 Å². The number of hydrogen-bond donors (Lipinski definition) is 0.